The average Bonchev–Trinajstić information content (AvgIpc) is 2.93. The molecule has 134 valence electrons. The van der Waals surface area contributed by atoms with E-state index in [2.05, 4.69) is 15.7 Å². The summed E-state index contributed by atoms with van der Waals surface area (Å²) in [7, 11) is 1.86. The second kappa shape index (κ2) is 7.38. The molecule has 1 heterocycles. The number of nitrogens with one attached hydrogen (secondary N) is 2. The summed E-state index contributed by atoms with van der Waals surface area (Å²) in [6, 6.07) is 7.36. The third-order valence-electron chi connectivity index (χ3n) is 4.02. The molecule has 2 rings (SSSR count). The Morgan fingerprint density at radius 3 is 2.60 bits per heavy atom. The van der Waals surface area contributed by atoms with Crippen molar-refractivity contribution in [3.63, 3.8) is 0 Å². The highest BCUT2D eigenvalue weighted by Gasteiger charge is 2.22. The van der Waals surface area contributed by atoms with Gasteiger partial charge in [0.1, 0.15) is 0 Å². The lowest BCUT2D eigenvalue weighted by atomic mass is 9.99. The molecule has 0 radical (unpaired) electrons. The van der Waals surface area contributed by atoms with Crippen LogP contribution in [0.5, 0.6) is 0 Å². The van der Waals surface area contributed by atoms with Crippen LogP contribution in [0.2, 0.25) is 0 Å². The van der Waals surface area contributed by atoms with Gasteiger partial charge in [-0.15, -0.1) is 0 Å². The number of aryl methyl sites for hydroxylation is 2. The molecule has 3 N–H and O–H groups in total. The van der Waals surface area contributed by atoms with Gasteiger partial charge in [-0.1, -0.05) is 12.1 Å². The Hall–Kier alpha value is -2.83. The van der Waals surface area contributed by atoms with Crippen molar-refractivity contribution in [2.45, 2.75) is 39.2 Å². The normalized spacial score (nSPS) is 11.2. The number of amides is 2. The first-order valence-corrected chi connectivity index (χ1v) is 8.08. The molecule has 0 saturated carbocycles. The van der Waals surface area contributed by atoms with Crippen molar-refractivity contribution in [2.24, 2.45) is 7.05 Å². The van der Waals surface area contributed by atoms with Crippen LogP contribution < -0.4 is 10.6 Å². The highest BCUT2D eigenvalue weighted by atomic mass is 16.4. The Labute approximate surface area is 147 Å². The molecule has 1 aromatic carbocycles. The van der Waals surface area contributed by atoms with Crippen molar-refractivity contribution in [3.05, 3.63) is 36.0 Å². The smallest absolute Gasteiger partial charge is 0.319 e. The Morgan fingerprint density at radius 1 is 1.28 bits per heavy atom. The van der Waals surface area contributed by atoms with Gasteiger partial charge in [0, 0.05) is 36.5 Å². The Balaban J connectivity index is 2.10. The van der Waals surface area contributed by atoms with Crippen LogP contribution in [0.15, 0.2) is 30.5 Å². The first-order chi connectivity index (χ1) is 11.7. The van der Waals surface area contributed by atoms with Crippen molar-refractivity contribution in [3.8, 4) is 11.3 Å². The molecule has 25 heavy (non-hydrogen) atoms. The fraction of sp³-hybridized carbons (Fsp3) is 0.389. The Bertz CT molecular complexity index is 780. The number of aliphatic carboxylic acids is 1. The summed E-state index contributed by atoms with van der Waals surface area (Å²) in [6.07, 6.45) is 2.08. The first kappa shape index (κ1) is 18.5. The van der Waals surface area contributed by atoms with E-state index in [1.165, 1.54) is 0 Å². The fourth-order valence-electron chi connectivity index (χ4n) is 2.52. The monoisotopic (exact) mass is 344 g/mol. The summed E-state index contributed by atoms with van der Waals surface area (Å²) in [6.45, 7) is 5.51. The maximum atomic E-state index is 12.3. The fourth-order valence-corrected chi connectivity index (χ4v) is 2.52. The molecule has 2 aromatic rings. The Kier molecular flexibility index (Phi) is 5.46. The topological polar surface area (TPSA) is 96.3 Å². The maximum absolute atomic E-state index is 12.3. The molecule has 0 atom stereocenters. The third kappa shape index (κ3) is 5.07. The van der Waals surface area contributed by atoms with Gasteiger partial charge in [0.05, 0.1) is 5.69 Å². The predicted octanol–water partition coefficient (Wildman–Crippen LogP) is 3.16. The summed E-state index contributed by atoms with van der Waals surface area (Å²) < 4.78 is 1.77. The van der Waals surface area contributed by atoms with E-state index in [0.717, 1.165) is 16.8 Å². The lowest BCUT2D eigenvalue weighted by Gasteiger charge is -2.26. The number of hydrogen-bond acceptors (Lipinski definition) is 3. The third-order valence-corrected chi connectivity index (χ3v) is 4.02. The van der Waals surface area contributed by atoms with Gasteiger partial charge >= 0.3 is 12.0 Å². The zero-order valence-electron chi connectivity index (χ0n) is 15.0. The van der Waals surface area contributed by atoms with Crippen LogP contribution in [-0.4, -0.2) is 32.4 Å². The summed E-state index contributed by atoms with van der Waals surface area (Å²) in [5.41, 5.74) is 2.92. The average molecular weight is 344 g/mol. The van der Waals surface area contributed by atoms with Gasteiger partial charge in [0.25, 0.3) is 0 Å². The van der Waals surface area contributed by atoms with Gasteiger partial charge in [-0.2, -0.15) is 5.10 Å². The zero-order valence-corrected chi connectivity index (χ0v) is 15.0. The van der Waals surface area contributed by atoms with Gasteiger partial charge < -0.3 is 15.7 Å². The molecule has 7 nitrogen and oxygen atoms in total. The summed E-state index contributed by atoms with van der Waals surface area (Å²) in [5.74, 6) is -0.880. The number of carbonyl (C=O) groups excluding carboxylic acids is 1. The molecule has 2 amide bonds. The number of rotatable bonds is 6. The quantitative estimate of drug-likeness (QED) is 0.750. The second-order valence-electron chi connectivity index (χ2n) is 6.73. The van der Waals surface area contributed by atoms with E-state index in [-0.39, 0.29) is 12.5 Å². The van der Waals surface area contributed by atoms with E-state index >= 15 is 0 Å². The molecule has 1 aromatic heterocycles. The number of nitrogens with zero attached hydrogens (tertiary/aromatic N) is 2. The minimum atomic E-state index is -0.880. The molecule has 0 aliphatic carbocycles. The predicted molar refractivity (Wildman–Crippen MR) is 96.5 cm³/mol. The molecule has 0 saturated heterocycles. The second-order valence-corrected chi connectivity index (χ2v) is 6.73. The molecule has 0 aliphatic rings. The van der Waals surface area contributed by atoms with Gasteiger partial charge in [0.2, 0.25) is 0 Å². The molecule has 0 unspecified atom stereocenters. The molecule has 0 aliphatic heterocycles. The van der Waals surface area contributed by atoms with Gasteiger partial charge in [-0.3, -0.25) is 9.48 Å². The van der Waals surface area contributed by atoms with E-state index in [0.29, 0.717) is 12.1 Å². The van der Waals surface area contributed by atoms with Crippen molar-refractivity contribution < 1.29 is 14.7 Å². The van der Waals surface area contributed by atoms with Crippen LogP contribution in [0.3, 0.4) is 0 Å². The number of hydrogen-bond donors (Lipinski definition) is 3. The number of carboxylic acids is 1. The van der Waals surface area contributed by atoms with E-state index in [9.17, 15) is 9.59 Å². The standard InChI is InChI=1S/C18H24N4O3/c1-12-5-6-13(15-8-10-19-22(15)4)11-14(12)20-17(25)21-18(2,3)9-7-16(23)24/h5-6,8,10-11H,7,9H2,1-4H3,(H,23,24)(H2,20,21,25). The molecule has 0 spiro atoms. The van der Waals surface area contributed by atoms with Crippen LogP contribution in [-0.2, 0) is 11.8 Å². The maximum Gasteiger partial charge on any atom is 0.319 e. The first-order valence-electron chi connectivity index (χ1n) is 8.08. The van der Waals surface area contributed by atoms with E-state index in [4.69, 9.17) is 5.11 Å². The highest BCUT2D eigenvalue weighted by Crippen LogP contribution is 2.25. The molecule has 0 bridgehead atoms. The largest absolute Gasteiger partial charge is 0.481 e. The van der Waals surface area contributed by atoms with Crippen molar-refractivity contribution in [1.29, 1.82) is 0 Å². The van der Waals surface area contributed by atoms with Gasteiger partial charge in [-0.05, 0) is 44.9 Å². The summed E-state index contributed by atoms with van der Waals surface area (Å²) >= 11 is 0. The number of carboxylic acid groups (broad SMARTS) is 1. The SMILES string of the molecule is Cc1ccc(-c2ccnn2C)cc1NC(=O)NC(C)(C)CCC(=O)O. The molecular formula is C18H24N4O3. The summed E-state index contributed by atoms with van der Waals surface area (Å²) in [5, 5.41) is 18.6. The van der Waals surface area contributed by atoms with Crippen LogP contribution in [0.4, 0.5) is 10.5 Å². The van der Waals surface area contributed by atoms with Crippen molar-refractivity contribution in [2.75, 3.05) is 5.32 Å². The molecular weight excluding hydrogens is 320 g/mol. The number of anilines is 1. The lowest BCUT2D eigenvalue weighted by molar-refractivity contribution is -0.137. The lowest BCUT2D eigenvalue weighted by Crippen LogP contribution is -2.45. The van der Waals surface area contributed by atoms with E-state index in [1.807, 2.05) is 38.2 Å². The molecule has 0 fully saturated rings. The highest BCUT2D eigenvalue weighted by molar-refractivity contribution is 5.91. The number of benzene rings is 1. The number of urea groups is 1. The van der Waals surface area contributed by atoms with Crippen molar-refractivity contribution >= 4 is 17.7 Å². The summed E-state index contributed by atoms with van der Waals surface area (Å²) in [4.78, 5) is 23.0. The van der Waals surface area contributed by atoms with Crippen LogP contribution in [0.1, 0.15) is 32.3 Å². The van der Waals surface area contributed by atoms with Crippen LogP contribution in [0, 0.1) is 6.92 Å². The molecule has 7 heteroatoms. The van der Waals surface area contributed by atoms with E-state index < -0.39 is 11.5 Å². The number of carbonyl (C=O) groups is 2. The van der Waals surface area contributed by atoms with Crippen LogP contribution >= 0.6 is 0 Å². The van der Waals surface area contributed by atoms with Crippen molar-refractivity contribution in [1.82, 2.24) is 15.1 Å². The van der Waals surface area contributed by atoms with E-state index in [1.54, 1.807) is 24.7 Å². The van der Waals surface area contributed by atoms with Gasteiger partial charge in [0.15, 0.2) is 0 Å². The number of aromatic nitrogens is 2. The van der Waals surface area contributed by atoms with Gasteiger partial charge in [-0.25, -0.2) is 4.79 Å². The Morgan fingerprint density at radius 2 is 2.00 bits per heavy atom. The van der Waals surface area contributed by atoms with Crippen LogP contribution in [0.25, 0.3) is 11.3 Å². The minimum Gasteiger partial charge on any atom is -0.481 e. The minimum absolute atomic E-state index is 0.00226. The zero-order chi connectivity index (χ0) is 18.6.